The number of carboxylic acid groups (broad SMARTS) is 3. The molecule has 0 aromatic heterocycles. The maximum Gasteiger partial charge on any atom is 0.326 e. The molecule has 0 fully saturated rings. The molecular formula is C29H53N3O8. The SMILES string of the molecule is NC(CCCCNC(=O)CC[C@H](NC(=O)CCCCCCCCCCCCCCCCC(=O)O)C(=O)O)C(=O)O. The molecule has 1 unspecified atom stereocenters. The summed E-state index contributed by atoms with van der Waals surface area (Å²) < 4.78 is 0. The Morgan fingerprint density at radius 3 is 1.45 bits per heavy atom. The van der Waals surface area contributed by atoms with E-state index in [0.29, 0.717) is 32.2 Å². The summed E-state index contributed by atoms with van der Waals surface area (Å²) in [5.74, 6) is -3.56. The second-order valence-electron chi connectivity index (χ2n) is 10.6. The molecule has 0 spiro atoms. The van der Waals surface area contributed by atoms with E-state index in [2.05, 4.69) is 10.6 Å². The van der Waals surface area contributed by atoms with Crippen molar-refractivity contribution in [3.05, 3.63) is 0 Å². The molecule has 0 saturated heterocycles. The zero-order chi connectivity index (χ0) is 30.0. The van der Waals surface area contributed by atoms with Gasteiger partial charge in [0.2, 0.25) is 11.8 Å². The molecule has 11 nitrogen and oxygen atoms in total. The highest BCUT2D eigenvalue weighted by atomic mass is 16.4. The summed E-state index contributed by atoms with van der Waals surface area (Å²) in [6.45, 7) is 0.355. The van der Waals surface area contributed by atoms with Crippen molar-refractivity contribution in [1.82, 2.24) is 10.6 Å². The normalized spacial score (nSPS) is 12.4. The van der Waals surface area contributed by atoms with Crippen molar-refractivity contribution in [3.8, 4) is 0 Å². The number of aliphatic carboxylic acids is 3. The van der Waals surface area contributed by atoms with E-state index in [-0.39, 0.29) is 37.5 Å². The van der Waals surface area contributed by atoms with Crippen LogP contribution in [-0.2, 0) is 24.0 Å². The number of carbonyl (C=O) groups is 5. The lowest BCUT2D eigenvalue weighted by Crippen LogP contribution is -2.41. The van der Waals surface area contributed by atoms with Crippen molar-refractivity contribution in [2.24, 2.45) is 5.73 Å². The summed E-state index contributed by atoms with van der Waals surface area (Å²) in [6, 6.07) is -2.02. The summed E-state index contributed by atoms with van der Waals surface area (Å²) in [4.78, 5) is 56.7. The van der Waals surface area contributed by atoms with Gasteiger partial charge in [-0.25, -0.2) is 4.79 Å². The Hall–Kier alpha value is -2.69. The highest BCUT2D eigenvalue weighted by Crippen LogP contribution is 2.14. The van der Waals surface area contributed by atoms with Crippen LogP contribution in [-0.4, -0.2) is 63.7 Å². The van der Waals surface area contributed by atoms with Crippen LogP contribution in [0, 0.1) is 0 Å². The molecule has 2 amide bonds. The highest BCUT2D eigenvalue weighted by Gasteiger charge is 2.20. The molecule has 0 heterocycles. The maximum absolute atomic E-state index is 12.2. The van der Waals surface area contributed by atoms with Gasteiger partial charge in [-0.1, -0.05) is 77.0 Å². The molecular weight excluding hydrogens is 518 g/mol. The van der Waals surface area contributed by atoms with Gasteiger partial charge in [0.25, 0.3) is 0 Å². The predicted molar refractivity (Wildman–Crippen MR) is 153 cm³/mol. The summed E-state index contributed by atoms with van der Waals surface area (Å²) in [6.07, 6.45) is 17.2. The van der Waals surface area contributed by atoms with Gasteiger partial charge in [0.05, 0.1) is 0 Å². The van der Waals surface area contributed by atoms with Crippen molar-refractivity contribution in [2.75, 3.05) is 6.54 Å². The monoisotopic (exact) mass is 571 g/mol. The third kappa shape index (κ3) is 24.4. The molecule has 0 radical (unpaired) electrons. The number of hydrogen-bond acceptors (Lipinski definition) is 6. The molecule has 0 aromatic rings. The van der Waals surface area contributed by atoms with Gasteiger partial charge in [0, 0.05) is 25.8 Å². The van der Waals surface area contributed by atoms with Gasteiger partial charge in [0.1, 0.15) is 12.1 Å². The Bertz CT molecular complexity index is 732. The first-order chi connectivity index (χ1) is 19.1. The topological polar surface area (TPSA) is 196 Å². The molecule has 7 N–H and O–H groups in total. The first-order valence-corrected chi connectivity index (χ1v) is 15.1. The van der Waals surface area contributed by atoms with Gasteiger partial charge >= 0.3 is 17.9 Å². The summed E-state index contributed by atoms with van der Waals surface area (Å²) in [7, 11) is 0. The Kier molecular flexibility index (Phi) is 23.6. The molecule has 232 valence electrons. The smallest absolute Gasteiger partial charge is 0.326 e. The molecule has 0 aromatic carbocycles. The van der Waals surface area contributed by atoms with E-state index in [0.717, 1.165) is 38.5 Å². The average molecular weight is 572 g/mol. The average Bonchev–Trinajstić information content (AvgIpc) is 2.89. The lowest BCUT2D eigenvalue weighted by atomic mass is 10.0. The first kappa shape index (κ1) is 37.3. The van der Waals surface area contributed by atoms with Crippen LogP contribution in [0.2, 0.25) is 0 Å². The van der Waals surface area contributed by atoms with Crippen molar-refractivity contribution in [1.29, 1.82) is 0 Å². The quantitative estimate of drug-likeness (QED) is 0.0739. The molecule has 0 bridgehead atoms. The Balaban J connectivity index is 3.69. The molecule has 11 heteroatoms. The third-order valence-corrected chi connectivity index (χ3v) is 6.92. The number of carbonyl (C=O) groups excluding carboxylic acids is 2. The van der Waals surface area contributed by atoms with E-state index >= 15 is 0 Å². The molecule has 0 saturated carbocycles. The van der Waals surface area contributed by atoms with Crippen LogP contribution >= 0.6 is 0 Å². The number of nitrogens with two attached hydrogens (primary N) is 1. The van der Waals surface area contributed by atoms with E-state index in [1.165, 1.54) is 44.9 Å². The Labute approximate surface area is 239 Å². The molecule has 0 rings (SSSR count). The van der Waals surface area contributed by atoms with Gasteiger partial charge in [-0.2, -0.15) is 0 Å². The van der Waals surface area contributed by atoms with Crippen molar-refractivity contribution in [3.63, 3.8) is 0 Å². The van der Waals surface area contributed by atoms with E-state index < -0.39 is 30.0 Å². The fraction of sp³-hybridized carbons (Fsp3) is 0.828. The van der Waals surface area contributed by atoms with Crippen LogP contribution in [0.15, 0.2) is 0 Å². The fourth-order valence-electron chi connectivity index (χ4n) is 4.41. The lowest BCUT2D eigenvalue weighted by molar-refractivity contribution is -0.142. The minimum atomic E-state index is -1.17. The van der Waals surface area contributed by atoms with Crippen LogP contribution in [0.5, 0.6) is 0 Å². The predicted octanol–water partition coefficient (Wildman–Crippen LogP) is 4.36. The Morgan fingerprint density at radius 1 is 0.525 bits per heavy atom. The van der Waals surface area contributed by atoms with Gasteiger partial charge in [0.15, 0.2) is 0 Å². The molecule has 2 atom stereocenters. The molecule has 40 heavy (non-hydrogen) atoms. The number of nitrogens with one attached hydrogen (secondary N) is 2. The summed E-state index contributed by atoms with van der Waals surface area (Å²) in [5, 5.41) is 31.9. The standard InChI is InChI=1S/C29H53N3O8/c30-23(28(37)38)17-15-16-22-31-25(33)21-20-24(29(39)40)32-26(34)18-13-11-9-7-5-3-1-2-4-6-8-10-12-14-19-27(35)36/h23-24H,1-22,30H2,(H,31,33)(H,32,34)(H,35,36)(H,37,38)(H,39,40)/t23?,24-/m0/s1. The molecule has 0 aliphatic rings. The van der Waals surface area contributed by atoms with Crippen molar-refractivity contribution < 1.29 is 39.3 Å². The number of hydrogen-bond donors (Lipinski definition) is 6. The number of unbranched alkanes of at least 4 members (excludes halogenated alkanes) is 14. The van der Waals surface area contributed by atoms with E-state index in [9.17, 15) is 29.1 Å². The summed E-state index contributed by atoms with van der Waals surface area (Å²) in [5.41, 5.74) is 5.42. The fourth-order valence-corrected chi connectivity index (χ4v) is 4.41. The minimum absolute atomic E-state index is 0.00356. The van der Waals surface area contributed by atoms with Gasteiger partial charge in [-0.05, 0) is 38.5 Å². The molecule has 0 aliphatic carbocycles. The maximum atomic E-state index is 12.2. The van der Waals surface area contributed by atoms with Gasteiger partial charge in [-0.15, -0.1) is 0 Å². The largest absolute Gasteiger partial charge is 0.481 e. The second kappa shape index (κ2) is 25.3. The second-order valence-corrected chi connectivity index (χ2v) is 10.6. The third-order valence-electron chi connectivity index (χ3n) is 6.92. The van der Waals surface area contributed by atoms with Crippen LogP contribution in [0.3, 0.4) is 0 Å². The van der Waals surface area contributed by atoms with Crippen molar-refractivity contribution >= 4 is 29.7 Å². The lowest BCUT2D eigenvalue weighted by Gasteiger charge is -2.14. The zero-order valence-corrected chi connectivity index (χ0v) is 24.2. The van der Waals surface area contributed by atoms with E-state index in [1.54, 1.807) is 0 Å². The first-order valence-electron chi connectivity index (χ1n) is 15.1. The zero-order valence-electron chi connectivity index (χ0n) is 24.2. The summed E-state index contributed by atoms with van der Waals surface area (Å²) >= 11 is 0. The van der Waals surface area contributed by atoms with Crippen LogP contribution in [0.4, 0.5) is 0 Å². The van der Waals surface area contributed by atoms with Gasteiger partial charge in [-0.3, -0.25) is 19.2 Å². The number of rotatable bonds is 28. The molecule has 0 aliphatic heterocycles. The number of carboxylic acids is 3. The van der Waals surface area contributed by atoms with Gasteiger partial charge < -0.3 is 31.7 Å². The minimum Gasteiger partial charge on any atom is -0.481 e. The van der Waals surface area contributed by atoms with Crippen LogP contribution in [0.1, 0.15) is 135 Å². The highest BCUT2D eigenvalue weighted by molar-refractivity contribution is 5.84. The Morgan fingerprint density at radius 2 is 1.00 bits per heavy atom. The van der Waals surface area contributed by atoms with Crippen molar-refractivity contribution in [2.45, 2.75) is 147 Å². The van der Waals surface area contributed by atoms with E-state index in [1.807, 2.05) is 0 Å². The number of amides is 2. The van der Waals surface area contributed by atoms with Crippen LogP contribution < -0.4 is 16.4 Å². The van der Waals surface area contributed by atoms with E-state index in [4.69, 9.17) is 15.9 Å². The van der Waals surface area contributed by atoms with Crippen LogP contribution in [0.25, 0.3) is 0 Å².